The molecule has 0 bridgehead atoms. The van der Waals surface area contributed by atoms with Gasteiger partial charge in [-0.3, -0.25) is 29.4 Å². The smallest absolute Gasteiger partial charge is 0.262 e. The molecule has 1 atom stereocenters. The number of nitrogens with one attached hydrogen (secondary N) is 4. The van der Waals surface area contributed by atoms with Crippen LogP contribution < -0.4 is 16.0 Å². The predicted octanol–water partition coefficient (Wildman–Crippen LogP) is 2.59. The average Bonchev–Trinajstić information content (AvgIpc) is 3.62. The van der Waals surface area contributed by atoms with Crippen molar-refractivity contribution in [2.75, 3.05) is 11.9 Å². The topological polar surface area (TPSA) is 131 Å². The quantitative estimate of drug-likeness (QED) is 0.233. The molecule has 9 nitrogen and oxygen atoms in total. The minimum Gasteiger partial charge on any atom is -0.388 e. The number of fused-ring (bicyclic) bond motifs is 1. The minimum absolute atomic E-state index is 0.107. The summed E-state index contributed by atoms with van der Waals surface area (Å²) in [5.41, 5.74) is 2.09. The van der Waals surface area contributed by atoms with Crippen molar-refractivity contribution in [1.82, 2.24) is 15.5 Å². The third-order valence-corrected chi connectivity index (χ3v) is 7.41. The van der Waals surface area contributed by atoms with Gasteiger partial charge < -0.3 is 16.0 Å². The summed E-state index contributed by atoms with van der Waals surface area (Å²) in [7, 11) is 0. The molecule has 4 N–H and O–H groups in total. The van der Waals surface area contributed by atoms with Crippen molar-refractivity contribution < 1.29 is 19.2 Å². The highest BCUT2D eigenvalue weighted by Gasteiger charge is 2.44. The van der Waals surface area contributed by atoms with Gasteiger partial charge in [0.15, 0.2) is 0 Å². The maximum Gasteiger partial charge on any atom is 0.262 e. The van der Waals surface area contributed by atoms with Gasteiger partial charge in [0.2, 0.25) is 11.8 Å². The Morgan fingerprint density at radius 3 is 2.60 bits per heavy atom. The lowest BCUT2D eigenvalue weighted by Crippen LogP contribution is -2.54. The Bertz CT molecular complexity index is 1100. The highest BCUT2D eigenvalue weighted by molar-refractivity contribution is 6.23. The van der Waals surface area contributed by atoms with Gasteiger partial charge in [0.05, 0.1) is 11.1 Å². The van der Waals surface area contributed by atoms with E-state index in [1.807, 2.05) is 12.3 Å². The number of nitrogens with zero attached hydrogens (tertiary/aromatic N) is 1. The van der Waals surface area contributed by atoms with E-state index in [4.69, 9.17) is 5.41 Å². The van der Waals surface area contributed by atoms with E-state index >= 15 is 0 Å². The first-order chi connectivity index (χ1) is 16.9. The van der Waals surface area contributed by atoms with Crippen LogP contribution in [0.4, 0.5) is 5.69 Å². The molecule has 2 heterocycles. The van der Waals surface area contributed by atoms with Gasteiger partial charge in [0.25, 0.3) is 11.8 Å². The molecule has 9 heteroatoms. The third kappa shape index (κ3) is 4.99. The Labute approximate surface area is 204 Å². The molecule has 4 aliphatic rings. The van der Waals surface area contributed by atoms with Gasteiger partial charge in [0.1, 0.15) is 6.04 Å². The SMILES string of the molecule is N=C(/C=C\NC1CC(CCCNc2ccc3c(c2)C(=O)N([C@@H]2CCC(=O)NC2=O)C3=O)C1)C1CC1. The fraction of sp³-hybridized carbons (Fsp3) is 0.500. The van der Waals surface area contributed by atoms with Crippen LogP contribution in [0, 0.1) is 17.2 Å². The summed E-state index contributed by atoms with van der Waals surface area (Å²) in [6.45, 7) is 0.769. The number of hydrogen-bond acceptors (Lipinski definition) is 7. The van der Waals surface area contributed by atoms with Crippen LogP contribution in [-0.4, -0.2) is 52.9 Å². The standard InChI is InChI=1S/C26H31N5O4/c27-21(16-3-4-16)9-11-29-18-12-15(13-18)2-1-10-28-17-5-6-19-20(14-17)26(35)31(25(19)34)22-7-8-23(32)30-24(22)33/h5-6,9,11,14-16,18,22,27-29H,1-4,7-8,10,12-13H2,(H,30,32,33)/b11-9-,27-21?/t15?,18?,22-/m1/s1. The monoisotopic (exact) mass is 477 g/mol. The molecule has 1 saturated heterocycles. The van der Waals surface area contributed by atoms with E-state index in [1.54, 1.807) is 18.2 Å². The number of anilines is 1. The van der Waals surface area contributed by atoms with Crippen molar-refractivity contribution in [1.29, 1.82) is 5.41 Å². The maximum absolute atomic E-state index is 12.9. The molecule has 0 unspecified atom stereocenters. The Morgan fingerprint density at radius 2 is 1.86 bits per heavy atom. The molecule has 2 aliphatic carbocycles. The number of amides is 4. The van der Waals surface area contributed by atoms with Crippen LogP contribution >= 0.6 is 0 Å². The van der Waals surface area contributed by atoms with Crippen molar-refractivity contribution in [3.8, 4) is 0 Å². The number of allylic oxidation sites excluding steroid dienone is 1. The number of benzene rings is 1. The zero-order valence-corrected chi connectivity index (χ0v) is 19.6. The van der Waals surface area contributed by atoms with Gasteiger partial charge in [0, 0.05) is 36.3 Å². The number of carbonyl (C=O) groups excluding carboxylic acids is 4. The molecule has 2 aliphatic heterocycles. The zero-order chi connectivity index (χ0) is 24.5. The van der Waals surface area contributed by atoms with E-state index in [0.717, 1.165) is 61.4 Å². The third-order valence-electron chi connectivity index (χ3n) is 7.41. The summed E-state index contributed by atoms with van der Waals surface area (Å²) in [5, 5.41) is 16.8. The van der Waals surface area contributed by atoms with Gasteiger partial charge in [-0.2, -0.15) is 0 Å². The van der Waals surface area contributed by atoms with Crippen molar-refractivity contribution >= 4 is 35.0 Å². The van der Waals surface area contributed by atoms with E-state index in [2.05, 4.69) is 16.0 Å². The molecule has 0 radical (unpaired) electrons. The van der Waals surface area contributed by atoms with Crippen molar-refractivity contribution in [3.05, 3.63) is 41.6 Å². The van der Waals surface area contributed by atoms with Gasteiger partial charge in [-0.05, 0) is 81.3 Å². The highest BCUT2D eigenvalue weighted by atomic mass is 16.2. The first-order valence-corrected chi connectivity index (χ1v) is 12.5. The van der Waals surface area contributed by atoms with Crippen LogP contribution in [0.25, 0.3) is 0 Å². The number of hydrogen-bond donors (Lipinski definition) is 4. The Hall–Kier alpha value is -3.49. The molecule has 1 aromatic rings. The van der Waals surface area contributed by atoms with Gasteiger partial charge in [-0.25, -0.2) is 0 Å². The first kappa shape index (κ1) is 23.3. The largest absolute Gasteiger partial charge is 0.388 e. The van der Waals surface area contributed by atoms with Gasteiger partial charge in [-0.15, -0.1) is 0 Å². The van der Waals surface area contributed by atoms with Crippen LogP contribution in [0.2, 0.25) is 0 Å². The molecule has 1 aromatic carbocycles. The molecule has 0 spiro atoms. The zero-order valence-electron chi connectivity index (χ0n) is 19.6. The fourth-order valence-corrected chi connectivity index (χ4v) is 5.12. The maximum atomic E-state index is 12.9. The molecule has 5 rings (SSSR count). The number of imide groups is 2. The summed E-state index contributed by atoms with van der Waals surface area (Å²) in [5.74, 6) is -0.771. The summed E-state index contributed by atoms with van der Waals surface area (Å²) in [6.07, 6.45) is 10.8. The van der Waals surface area contributed by atoms with Crippen LogP contribution in [0.1, 0.15) is 72.1 Å². The fourth-order valence-electron chi connectivity index (χ4n) is 5.12. The van der Waals surface area contributed by atoms with E-state index in [0.29, 0.717) is 29.0 Å². The second-order valence-electron chi connectivity index (χ2n) is 10.0. The number of carbonyl (C=O) groups is 4. The molecular weight excluding hydrogens is 446 g/mol. The Balaban J connectivity index is 1.05. The van der Waals surface area contributed by atoms with E-state index in [-0.39, 0.29) is 18.7 Å². The van der Waals surface area contributed by atoms with E-state index in [1.165, 1.54) is 0 Å². The summed E-state index contributed by atoms with van der Waals surface area (Å²) in [6, 6.07) is 4.65. The van der Waals surface area contributed by atoms with E-state index < -0.39 is 23.8 Å². The molecule has 3 fully saturated rings. The summed E-state index contributed by atoms with van der Waals surface area (Å²) >= 11 is 0. The first-order valence-electron chi connectivity index (χ1n) is 12.5. The van der Waals surface area contributed by atoms with Crippen molar-refractivity contribution in [2.45, 2.75) is 63.5 Å². The van der Waals surface area contributed by atoms with Crippen LogP contribution in [0.5, 0.6) is 0 Å². The molecule has 4 amide bonds. The summed E-state index contributed by atoms with van der Waals surface area (Å²) in [4.78, 5) is 50.3. The second kappa shape index (κ2) is 9.64. The molecular formula is C26H31N5O4. The van der Waals surface area contributed by atoms with E-state index in [9.17, 15) is 19.2 Å². The van der Waals surface area contributed by atoms with Crippen molar-refractivity contribution in [2.24, 2.45) is 11.8 Å². The van der Waals surface area contributed by atoms with Gasteiger partial charge in [-0.1, -0.05) is 0 Å². The molecule has 35 heavy (non-hydrogen) atoms. The van der Waals surface area contributed by atoms with Gasteiger partial charge >= 0.3 is 0 Å². The second-order valence-corrected chi connectivity index (χ2v) is 10.0. The number of piperidine rings is 1. The Kier molecular flexibility index (Phi) is 6.40. The van der Waals surface area contributed by atoms with Crippen LogP contribution in [0.3, 0.4) is 0 Å². The highest BCUT2D eigenvalue weighted by Crippen LogP contribution is 2.33. The lowest BCUT2D eigenvalue weighted by molar-refractivity contribution is -0.136. The Morgan fingerprint density at radius 1 is 1.09 bits per heavy atom. The van der Waals surface area contributed by atoms with Crippen molar-refractivity contribution in [3.63, 3.8) is 0 Å². The lowest BCUT2D eigenvalue weighted by Gasteiger charge is -2.35. The average molecular weight is 478 g/mol. The predicted molar refractivity (Wildman–Crippen MR) is 130 cm³/mol. The van der Waals surface area contributed by atoms with Crippen LogP contribution in [0.15, 0.2) is 30.5 Å². The lowest BCUT2D eigenvalue weighted by atomic mass is 9.77. The number of rotatable bonds is 10. The minimum atomic E-state index is -0.946. The molecule has 184 valence electrons. The normalized spacial score (nSPS) is 25.9. The molecule has 0 aromatic heterocycles. The molecule has 2 saturated carbocycles. The summed E-state index contributed by atoms with van der Waals surface area (Å²) < 4.78 is 0. The van der Waals surface area contributed by atoms with Crippen LogP contribution in [-0.2, 0) is 9.59 Å².